The van der Waals surface area contributed by atoms with Crippen LogP contribution in [0.3, 0.4) is 0 Å². The van der Waals surface area contributed by atoms with Crippen LogP contribution in [0.15, 0.2) is 48.5 Å². The third kappa shape index (κ3) is 6.10. The van der Waals surface area contributed by atoms with Crippen LogP contribution in [0.1, 0.15) is 60.7 Å². The Morgan fingerprint density at radius 2 is 1.45 bits per heavy atom. The molecule has 1 saturated heterocycles. The van der Waals surface area contributed by atoms with Crippen LogP contribution in [0.5, 0.6) is 0 Å². The number of fused-ring (bicyclic) bond motifs is 1. The predicted octanol–water partition coefficient (Wildman–Crippen LogP) is 4.22. The van der Waals surface area contributed by atoms with E-state index in [9.17, 15) is 24.0 Å². The number of nitrogens with zero attached hydrogens (tertiary/aromatic N) is 1. The molecular weight excluding hydrogens is 488 g/mol. The van der Waals surface area contributed by atoms with E-state index in [1.807, 2.05) is 13.8 Å². The second-order valence-corrected chi connectivity index (χ2v) is 10.4. The Bertz CT molecular complexity index is 1220. The second kappa shape index (κ2) is 11.6. The van der Waals surface area contributed by atoms with Gasteiger partial charge in [0.25, 0.3) is 5.91 Å². The lowest BCUT2D eigenvalue weighted by Crippen LogP contribution is -2.30. The molecule has 0 spiro atoms. The zero-order valence-electron chi connectivity index (χ0n) is 21.8. The van der Waals surface area contributed by atoms with E-state index < -0.39 is 24.5 Å². The van der Waals surface area contributed by atoms with Crippen LogP contribution in [-0.2, 0) is 23.9 Å². The monoisotopic (exact) mass is 520 g/mol. The number of imide groups is 1. The van der Waals surface area contributed by atoms with Crippen LogP contribution in [0, 0.1) is 23.7 Å². The number of benzene rings is 2. The normalized spacial score (nSPS) is 20.7. The summed E-state index contributed by atoms with van der Waals surface area (Å²) in [5.41, 5.74) is 1.42. The number of ether oxygens (including phenoxy) is 2. The predicted molar refractivity (Wildman–Crippen MR) is 139 cm³/mol. The van der Waals surface area contributed by atoms with Crippen LogP contribution in [0.25, 0.3) is 0 Å². The van der Waals surface area contributed by atoms with Gasteiger partial charge in [-0.3, -0.25) is 19.3 Å². The van der Waals surface area contributed by atoms with Crippen molar-refractivity contribution in [2.75, 3.05) is 23.4 Å². The molecule has 1 aliphatic heterocycles. The maximum atomic E-state index is 12.9. The van der Waals surface area contributed by atoms with Gasteiger partial charge in [0, 0.05) is 5.69 Å². The van der Waals surface area contributed by atoms with Crippen molar-refractivity contribution in [1.29, 1.82) is 0 Å². The topological polar surface area (TPSA) is 119 Å². The highest BCUT2D eigenvalue weighted by atomic mass is 16.5. The van der Waals surface area contributed by atoms with E-state index in [1.54, 1.807) is 24.3 Å². The number of amides is 3. The summed E-state index contributed by atoms with van der Waals surface area (Å²) in [5, 5.41) is 2.60. The minimum atomic E-state index is -0.712. The van der Waals surface area contributed by atoms with E-state index in [0.717, 1.165) is 6.42 Å². The molecular formula is C29H32N2O7. The molecule has 2 aromatic rings. The Morgan fingerprint density at radius 1 is 0.868 bits per heavy atom. The van der Waals surface area contributed by atoms with Crippen molar-refractivity contribution in [3.05, 3.63) is 59.7 Å². The standard InChI is InChI=1S/C29H32N2O7/c1-17(2)15-37-28(35)19-5-9-21(10-6-19)30-25(32)16-38-29(36)20-7-11-22(12-8-20)31-26(33)23-13-4-18(3)14-24(23)27(31)34/h5-12,17-18,23-24H,4,13-16H2,1-3H3,(H,30,32)/t18-,23+,24+/m0/s1. The van der Waals surface area contributed by atoms with Crippen molar-refractivity contribution >= 4 is 41.0 Å². The van der Waals surface area contributed by atoms with E-state index in [0.29, 0.717) is 42.3 Å². The summed E-state index contributed by atoms with van der Waals surface area (Å²) in [6.07, 6.45) is 2.37. The fourth-order valence-electron chi connectivity index (χ4n) is 4.82. The molecule has 200 valence electrons. The van der Waals surface area contributed by atoms with Crippen molar-refractivity contribution in [3.63, 3.8) is 0 Å². The molecule has 0 bridgehead atoms. The summed E-state index contributed by atoms with van der Waals surface area (Å²) in [4.78, 5) is 63.6. The molecule has 38 heavy (non-hydrogen) atoms. The highest BCUT2D eigenvalue weighted by Crippen LogP contribution is 2.42. The van der Waals surface area contributed by atoms with Gasteiger partial charge >= 0.3 is 11.9 Å². The van der Waals surface area contributed by atoms with Crippen LogP contribution < -0.4 is 10.2 Å². The largest absolute Gasteiger partial charge is 0.462 e. The molecule has 9 heteroatoms. The Balaban J connectivity index is 1.28. The van der Waals surface area contributed by atoms with Gasteiger partial charge in [-0.1, -0.05) is 20.8 Å². The molecule has 2 aromatic carbocycles. The Morgan fingerprint density at radius 3 is 2.08 bits per heavy atom. The SMILES string of the molecule is CC(C)COC(=O)c1ccc(NC(=O)COC(=O)c2ccc(N3C(=O)[C@@H]4CC[C@H](C)C[C@H]4C3=O)cc2)cc1. The number of esters is 2. The minimum Gasteiger partial charge on any atom is -0.462 e. The zero-order chi connectivity index (χ0) is 27.4. The molecule has 0 aromatic heterocycles. The van der Waals surface area contributed by atoms with Crippen molar-refractivity contribution < 1.29 is 33.4 Å². The maximum absolute atomic E-state index is 12.9. The molecule has 0 radical (unpaired) electrons. The smallest absolute Gasteiger partial charge is 0.338 e. The molecule has 9 nitrogen and oxygen atoms in total. The van der Waals surface area contributed by atoms with Gasteiger partial charge in [0.2, 0.25) is 11.8 Å². The lowest BCUT2D eigenvalue weighted by molar-refractivity contribution is -0.122. The molecule has 0 unspecified atom stereocenters. The quantitative estimate of drug-likeness (QED) is 0.409. The van der Waals surface area contributed by atoms with Crippen molar-refractivity contribution in [2.24, 2.45) is 23.7 Å². The first-order valence-corrected chi connectivity index (χ1v) is 12.9. The number of hydrogen-bond donors (Lipinski definition) is 1. The highest BCUT2D eigenvalue weighted by Gasteiger charge is 2.49. The lowest BCUT2D eigenvalue weighted by atomic mass is 9.76. The average molecular weight is 521 g/mol. The fourth-order valence-corrected chi connectivity index (χ4v) is 4.82. The van der Waals surface area contributed by atoms with E-state index in [2.05, 4.69) is 12.2 Å². The van der Waals surface area contributed by atoms with Gasteiger partial charge < -0.3 is 14.8 Å². The third-order valence-electron chi connectivity index (χ3n) is 6.84. The van der Waals surface area contributed by atoms with E-state index in [1.165, 1.54) is 29.2 Å². The van der Waals surface area contributed by atoms with Crippen molar-refractivity contribution in [3.8, 4) is 0 Å². The molecule has 1 saturated carbocycles. The molecule has 1 heterocycles. The molecule has 3 atom stereocenters. The lowest BCUT2D eigenvalue weighted by Gasteiger charge is -2.25. The van der Waals surface area contributed by atoms with Gasteiger partial charge in [0.1, 0.15) is 0 Å². The molecule has 4 rings (SSSR count). The van der Waals surface area contributed by atoms with E-state index in [4.69, 9.17) is 9.47 Å². The number of carbonyl (C=O) groups excluding carboxylic acids is 5. The fraction of sp³-hybridized carbons (Fsp3) is 0.414. The Kier molecular flexibility index (Phi) is 8.24. The van der Waals surface area contributed by atoms with Crippen LogP contribution in [-0.4, -0.2) is 42.9 Å². The summed E-state index contributed by atoms with van der Waals surface area (Å²) in [7, 11) is 0. The van der Waals surface area contributed by atoms with Gasteiger partial charge in [-0.2, -0.15) is 0 Å². The summed E-state index contributed by atoms with van der Waals surface area (Å²) >= 11 is 0. The highest BCUT2D eigenvalue weighted by molar-refractivity contribution is 6.22. The van der Waals surface area contributed by atoms with Gasteiger partial charge in [-0.15, -0.1) is 0 Å². The zero-order valence-corrected chi connectivity index (χ0v) is 21.8. The number of nitrogens with one attached hydrogen (secondary N) is 1. The first kappa shape index (κ1) is 27.0. The maximum Gasteiger partial charge on any atom is 0.338 e. The number of rotatable bonds is 8. The minimum absolute atomic E-state index is 0.181. The first-order chi connectivity index (χ1) is 18.1. The first-order valence-electron chi connectivity index (χ1n) is 12.9. The van der Waals surface area contributed by atoms with Gasteiger partial charge in [-0.25, -0.2) is 9.59 Å². The van der Waals surface area contributed by atoms with Crippen LogP contribution in [0.2, 0.25) is 0 Å². The van der Waals surface area contributed by atoms with E-state index in [-0.39, 0.29) is 35.1 Å². The molecule has 2 aliphatic rings. The molecule has 2 fully saturated rings. The second-order valence-electron chi connectivity index (χ2n) is 10.4. The van der Waals surface area contributed by atoms with Crippen LogP contribution in [0.4, 0.5) is 11.4 Å². The van der Waals surface area contributed by atoms with E-state index >= 15 is 0 Å². The molecule has 1 aliphatic carbocycles. The van der Waals surface area contributed by atoms with Gasteiger partial charge in [0.05, 0.1) is 35.3 Å². The summed E-state index contributed by atoms with van der Waals surface area (Å²) < 4.78 is 10.3. The number of anilines is 2. The molecule has 1 N–H and O–H groups in total. The summed E-state index contributed by atoms with van der Waals surface area (Å²) in [6, 6.07) is 12.2. The number of carbonyl (C=O) groups is 5. The van der Waals surface area contributed by atoms with Crippen molar-refractivity contribution in [2.45, 2.75) is 40.0 Å². The van der Waals surface area contributed by atoms with Crippen molar-refractivity contribution in [1.82, 2.24) is 0 Å². The summed E-state index contributed by atoms with van der Waals surface area (Å²) in [6.45, 7) is 5.79. The third-order valence-corrected chi connectivity index (χ3v) is 6.84. The van der Waals surface area contributed by atoms with Crippen LogP contribution >= 0.6 is 0 Å². The van der Waals surface area contributed by atoms with Gasteiger partial charge in [0.15, 0.2) is 6.61 Å². The Hall–Kier alpha value is -4.01. The average Bonchev–Trinajstić information content (AvgIpc) is 3.15. The summed E-state index contributed by atoms with van der Waals surface area (Å²) in [5.74, 6) is -1.96. The molecule has 3 amide bonds. The Labute approximate surface area is 221 Å². The number of hydrogen-bond acceptors (Lipinski definition) is 7. The van der Waals surface area contributed by atoms with Gasteiger partial charge in [-0.05, 0) is 79.6 Å².